The number of ether oxygens (including phenoxy) is 1. The molecule has 1 aromatic carbocycles. The van der Waals surface area contributed by atoms with Crippen molar-refractivity contribution in [3.05, 3.63) is 46.7 Å². The van der Waals surface area contributed by atoms with E-state index >= 15 is 0 Å². The van der Waals surface area contributed by atoms with Crippen molar-refractivity contribution in [1.82, 2.24) is 9.97 Å². The summed E-state index contributed by atoms with van der Waals surface area (Å²) < 4.78 is 5.39. The molecule has 0 unspecified atom stereocenters. The van der Waals surface area contributed by atoms with Gasteiger partial charge < -0.3 is 10.1 Å². The highest BCUT2D eigenvalue weighted by atomic mass is 35.5. The standard InChI is InChI=1S/C18H19Cl2N3OS/c1-2-14-18(25-15-5-3-4-13(19)17(15)20)22-11-16(23-14)21-10-12-6-8-24-9-7-12/h2-5,11-12H,1,6-10H2,(H,21,23). The summed E-state index contributed by atoms with van der Waals surface area (Å²) in [5, 5.41) is 5.16. The Morgan fingerprint density at radius 3 is 2.88 bits per heavy atom. The number of anilines is 1. The van der Waals surface area contributed by atoms with Gasteiger partial charge in [-0.1, -0.05) is 47.6 Å². The molecule has 0 bridgehead atoms. The second kappa shape index (κ2) is 8.90. The Hall–Kier alpha value is -1.27. The van der Waals surface area contributed by atoms with Gasteiger partial charge in [-0.05, 0) is 37.0 Å². The van der Waals surface area contributed by atoms with E-state index in [9.17, 15) is 0 Å². The van der Waals surface area contributed by atoms with Crippen LogP contribution in [0.15, 0.2) is 40.9 Å². The van der Waals surface area contributed by atoms with Gasteiger partial charge in [0, 0.05) is 24.7 Å². The molecule has 1 N–H and O–H groups in total. The predicted octanol–water partition coefficient (Wildman–Crippen LogP) is 5.42. The maximum Gasteiger partial charge on any atom is 0.145 e. The maximum absolute atomic E-state index is 6.26. The lowest BCUT2D eigenvalue weighted by molar-refractivity contribution is 0.0699. The van der Waals surface area contributed by atoms with Crippen LogP contribution >= 0.6 is 35.0 Å². The molecule has 132 valence electrons. The van der Waals surface area contributed by atoms with Gasteiger partial charge in [0.05, 0.1) is 21.9 Å². The third kappa shape index (κ3) is 4.88. The van der Waals surface area contributed by atoms with Crippen molar-refractivity contribution >= 4 is 46.9 Å². The lowest BCUT2D eigenvalue weighted by Gasteiger charge is -2.22. The first-order chi connectivity index (χ1) is 12.2. The Morgan fingerprint density at radius 1 is 1.32 bits per heavy atom. The molecule has 0 aliphatic carbocycles. The summed E-state index contributed by atoms with van der Waals surface area (Å²) in [4.78, 5) is 9.97. The molecule has 1 fully saturated rings. The molecule has 7 heteroatoms. The zero-order chi connectivity index (χ0) is 17.6. The van der Waals surface area contributed by atoms with Crippen LogP contribution in [-0.4, -0.2) is 29.7 Å². The molecule has 1 saturated heterocycles. The van der Waals surface area contributed by atoms with Crippen LogP contribution in [0.4, 0.5) is 5.82 Å². The number of nitrogens with one attached hydrogen (secondary N) is 1. The van der Waals surface area contributed by atoms with Gasteiger partial charge in [-0.15, -0.1) is 0 Å². The minimum absolute atomic E-state index is 0.521. The van der Waals surface area contributed by atoms with Crippen LogP contribution in [0.3, 0.4) is 0 Å². The summed E-state index contributed by atoms with van der Waals surface area (Å²) in [7, 11) is 0. The number of benzene rings is 1. The summed E-state index contributed by atoms with van der Waals surface area (Å²) in [6.45, 7) is 6.40. The van der Waals surface area contributed by atoms with E-state index < -0.39 is 0 Å². The molecule has 0 amide bonds. The molecule has 0 spiro atoms. The molecule has 2 heterocycles. The largest absolute Gasteiger partial charge is 0.381 e. The zero-order valence-electron chi connectivity index (χ0n) is 13.7. The van der Waals surface area contributed by atoms with Crippen LogP contribution in [0.5, 0.6) is 0 Å². The molecule has 0 atom stereocenters. The van der Waals surface area contributed by atoms with E-state index in [1.54, 1.807) is 18.3 Å². The van der Waals surface area contributed by atoms with Crippen molar-refractivity contribution in [3.63, 3.8) is 0 Å². The van der Waals surface area contributed by atoms with E-state index in [0.29, 0.717) is 16.0 Å². The van der Waals surface area contributed by atoms with Crippen LogP contribution in [0.2, 0.25) is 10.0 Å². The summed E-state index contributed by atoms with van der Waals surface area (Å²) >= 11 is 13.8. The highest BCUT2D eigenvalue weighted by Crippen LogP contribution is 2.37. The number of rotatable bonds is 6. The van der Waals surface area contributed by atoms with Crippen LogP contribution in [0.25, 0.3) is 6.08 Å². The Bertz CT molecular complexity index is 751. The SMILES string of the molecule is C=Cc1nc(NCC2CCOCC2)cnc1Sc1cccc(Cl)c1Cl. The van der Waals surface area contributed by atoms with Crippen molar-refractivity contribution in [2.75, 3.05) is 25.1 Å². The van der Waals surface area contributed by atoms with Gasteiger partial charge >= 0.3 is 0 Å². The van der Waals surface area contributed by atoms with Gasteiger partial charge in [-0.3, -0.25) is 0 Å². The smallest absolute Gasteiger partial charge is 0.145 e. The molecule has 4 nitrogen and oxygen atoms in total. The molecule has 3 rings (SSSR count). The lowest BCUT2D eigenvalue weighted by atomic mass is 10.0. The zero-order valence-corrected chi connectivity index (χ0v) is 16.0. The molecule has 1 aromatic heterocycles. The summed E-state index contributed by atoms with van der Waals surface area (Å²) in [6, 6.07) is 5.53. The number of hydrogen-bond donors (Lipinski definition) is 1. The van der Waals surface area contributed by atoms with E-state index in [-0.39, 0.29) is 0 Å². The van der Waals surface area contributed by atoms with E-state index in [0.717, 1.165) is 54.0 Å². The Labute approximate surface area is 162 Å². The van der Waals surface area contributed by atoms with Gasteiger partial charge in [0.15, 0.2) is 0 Å². The van der Waals surface area contributed by atoms with E-state index in [1.807, 2.05) is 12.1 Å². The van der Waals surface area contributed by atoms with E-state index in [1.165, 1.54) is 11.8 Å². The molecule has 1 aliphatic rings. The molecule has 0 saturated carbocycles. The van der Waals surface area contributed by atoms with Crippen molar-refractivity contribution in [2.24, 2.45) is 5.92 Å². The topological polar surface area (TPSA) is 47.0 Å². The molecule has 25 heavy (non-hydrogen) atoms. The van der Waals surface area contributed by atoms with Gasteiger partial charge in [-0.2, -0.15) is 0 Å². The molecule has 0 radical (unpaired) electrons. The van der Waals surface area contributed by atoms with E-state index in [4.69, 9.17) is 27.9 Å². The van der Waals surface area contributed by atoms with Crippen molar-refractivity contribution in [1.29, 1.82) is 0 Å². The highest BCUT2D eigenvalue weighted by Gasteiger charge is 2.15. The molecular weight excluding hydrogens is 377 g/mol. The second-order valence-corrected chi connectivity index (χ2v) is 7.56. The number of nitrogens with zero attached hydrogens (tertiary/aromatic N) is 2. The summed E-state index contributed by atoms with van der Waals surface area (Å²) in [5.41, 5.74) is 0.720. The minimum atomic E-state index is 0.521. The van der Waals surface area contributed by atoms with Gasteiger partial charge in [-0.25, -0.2) is 9.97 Å². The monoisotopic (exact) mass is 395 g/mol. The third-order valence-corrected chi connectivity index (χ3v) is 5.99. The fraction of sp³-hybridized carbons (Fsp3) is 0.333. The van der Waals surface area contributed by atoms with Crippen LogP contribution < -0.4 is 5.32 Å². The summed E-state index contributed by atoms with van der Waals surface area (Å²) in [5.74, 6) is 1.37. The number of aromatic nitrogens is 2. The number of halogens is 2. The Kier molecular flexibility index (Phi) is 6.59. The van der Waals surface area contributed by atoms with Gasteiger partial charge in [0.2, 0.25) is 0 Å². The van der Waals surface area contributed by atoms with Gasteiger partial charge in [0.25, 0.3) is 0 Å². The first kappa shape index (κ1) is 18.5. The van der Waals surface area contributed by atoms with Crippen molar-refractivity contribution < 1.29 is 4.74 Å². The fourth-order valence-electron chi connectivity index (χ4n) is 2.56. The van der Waals surface area contributed by atoms with Crippen molar-refractivity contribution in [3.8, 4) is 0 Å². The Balaban J connectivity index is 1.70. The average molecular weight is 396 g/mol. The molecule has 2 aromatic rings. The average Bonchev–Trinajstić information content (AvgIpc) is 2.65. The highest BCUT2D eigenvalue weighted by molar-refractivity contribution is 7.99. The quantitative estimate of drug-likeness (QED) is 0.707. The van der Waals surface area contributed by atoms with Crippen molar-refractivity contribution in [2.45, 2.75) is 22.8 Å². The molecular formula is C18H19Cl2N3OS. The fourth-order valence-corrected chi connectivity index (χ4v) is 3.92. The normalized spacial score (nSPS) is 15.1. The predicted molar refractivity (Wildman–Crippen MR) is 105 cm³/mol. The maximum atomic E-state index is 6.26. The third-order valence-electron chi connectivity index (χ3n) is 3.99. The van der Waals surface area contributed by atoms with Crippen LogP contribution in [0, 0.1) is 5.92 Å². The Morgan fingerprint density at radius 2 is 2.12 bits per heavy atom. The first-order valence-corrected chi connectivity index (χ1v) is 9.67. The number of hydrogen-bond acceptors (Lipinski definition) is 5. The summed E-state index contributed by atoms with van der Waals surface area (Å²) in [6.07, 6.45) is 5.60. The first-order valence-electron chi connectivity index (χ1n) is 8.10. The van der Waals surface area contributed by atoms with Crippen LogP contribution in [0.1, 0.15) is 18.5 Å². The van der Waals surface area contributed by atoms with E-state index in [2.05, 4.69) is 21.9 Å². The molecule has 1 aliphatic heterocycles. The van der Waals surface area contributed by atoms with Crippen LogP contribution in [-0.2, 0) is 4.74 Å². The second-order valence-electron chi connectivity index (χ2n) is 5.74. The lowest BCUT2D eigenvalue weighted by Crippen LogP contribution is -2.23. The van der Waals surface area contributed by atoms with Gasteiger partial charge in [0.1, 0.15) is 10.8 Å². The minimum Gasteiger partial charge on any atom is -0.381 e.